The molecule has 3 rings (SSSR count). The monoisotopic (exact) mass is 327 g/mol. The Morgan fingerprint density at radius 2 is 2.00 bits per heavy atom. The number of nitrogens with one attached hydrogen (secondary N) is 2. The third-order valence-corrected chi connectivity index (χ3v) is 3.83. The van der Waals surface area contributed by atoms with Crippen LogP contribution in [0.5, 0.6) is 5.75 Å². The molecule has 116 valence electrons. The van der Waals surface area contributed by atoms with Crippen molar-refractivity contribution in [2.75, 3.05) is 12.8 Å². The van der Waals surface area contributed by atoms with Gasteiger partial charge in [-0.05, 0) is 42.5 Å². The summed E-state index contributed by atoms with van der Waals surface area (Å²) in [6.07, 6.45) is 0. The number of nitrogens with two attached hydrogens (primary N) is 1. The molecule has 0 aliphatic carbocycles. The van der Waals surface area contributed by atoms with E-state index in [1.54, 1.807) is 25.3 Å². The van der Waals surface area contributed by atoms with E-state index in [4.69, 9.17) is 27.5 Å². The lowest BCUT2D eigenvalue weighted by molar-refractivity contribution is 0.103. The van der Waals surface area contributed by atoms with Crippen LogP contribution in [0.4, 0.5) is 5.69 Å². The molecule has 0 fully saturated rings. The van der Waals surface area contributed by atoms with Gasteiger partial charge in [0.2, 0.25) is 5.78 Å². The SMILES string of the molecule is COc1ccc2[nH]c(C(=O)c3ccc(N)c(C(=N)Cl)c3)cc2c1. The van der Waals surface area contributed by atoms with Crippen LogP contribution < -0.4 is 10.5 Å². The number of anilines is 1. The van der Waals surface area contributed by atoms with Gasteiger partial charge < -0.3 is 15.5 Å². The molecular weight excluding hydrogens is 314 g/mol. The van der Waals surface area contributed by atoms with Crippen LogP contribution >= 0.6 is 11.6 Å². The first-order chi connectivity index (χ1) is 11.0. The molecule has 23 heavy (non-hydrogen) atoms. The van der Waals surface area contributed by atoms with Crippen molar-refractivity contribution in [2.45, 2.75) is 0 Å². The van der Waals surface area contributed by atoms with Gasteiger partial charge in [0.1, 0.15) is 10.9 Å². The van der Waals surface area contributed by atoms with Crippen molar-refractivity contribution >= 4 is 39.1 Å². The quantitative estimate of drug-likeness (QED) is 0.388. The number of hydrogen-bond acceptors (Lipinski definition) is 4. The summed E-state index contributed by atoms with van der Waals surface area (Å²) in [5, 5.41) is 8.19. The number of halogens is 1. The number of nitrogen functional groups attached to an aromatic ring is 1. The van der Waals surface area contributed by atoms with Crippen molar-refractivity contribution in [1.29, 1.82) is 5.41 Å². The molecule has 0 saturated carbocycles. The maximum Gasteiger partial charge on any atom is 0.209 e. The van der Waals surface area contributed by atoms with Gasteiger partial charge in [-0.2, -0.15) is 0 Å². The summed E-state index contributed by atoms with van der Waals surface area (Å²) in [4.78, 5) is 15.7. The molecule has 0 unspecified atom stereocenters. The molecule has 0 aliphatic rings. The van der Waals surface area contributed by atoms with Crippen LogP contribution in [0.3, 0.4) is 0 Å². The number of ether oxygens (including phenoxy) is 1. The number of benzene rings is 2. The average Bonchev–Trinajstić information content (AvgIpc) is 2.97. The van der Waals surface area contributed by atoms with E-state index in [-0.39, 0.29) is 11.0 Å². The molecule has 0 saturated heterocycles. The van der Waals surface area contributed by atoms with Crippen molar-refractivity contribution in [3.8, 4) is 5.75 Å². The number of aromatic nitrogens is 1. The van der Waals surface area contributed by atoms with E-state index in [1.807, 2.05) is 18.2 Å². The highest BCUT2D eigenvalue weighted by atomic mass is 35.5. The number of hydrogen-bond donors (Lipinski definition) is 3. The third kappa shape index (κ3) is 2.78. The fourth-order valence-corrected chi connectivity index (χ4v) is 2.57. The molecule has 4 N–H and O–H groups in total. The molecule has 3 aromatic rings. The Bertz CT molecular complexity index is 931. The lowest BCUT2D eigenvalue weighted by Crippen LogP contribution is -2.05. The van der Waals surface area contributed by atoms with Crippen LogP contribution in [0.1, 0.15) is 21.6 Å². The number of H-pyrrole nitrogens is 1. The molecule has 2 aromatic carbocycles. The molecule has 0 aliphatic heterocycles. The minimum atomic E-state index is -0.196. The van der Waals surface area contributed by atoms with E-state index in [9.17, 15) is 4.79 Å². The number of aromatic amines is 1. The van der Waals surface area contributed by atoms with E-state index in [0.717, 1.165) is 16.7 Å². The standard InChI is InChI=1S/C17H14ClN3O2/c1-23-11-3-5-14-10(6-11)8-15(21-14)16(22)9-2-4-13(19)12(7-9)17(18)20/h2-8,20-21H,19H2,1H3. The van der Waals surface area contributed by atoms with E-state index in [1.165, 1.54) is 6.07 Å². The van der Waals surface area contributed by atoms with Crippen LogP contribution in [0.2, 0.25) is 0 Å². The molecule has 0 amide bonds. The minimum Gasteiger partial charge on any atom is -0.497 e. The van der Waals surface area contributed by atoms with Crippen LogP contribution in [-0.4, -0.2) is 23.0 Å². The predicted molar refractivity (Wildman–Crippen MR) is 91.8 cm³/mol. The summed E-state index contributed by atoms with van der Waals surface area (Å²) in [6, 6.07) is 12.0. The fourth-order valence-electron chi connectivity index (χ4n) is 2.40. The first-order valence-electron chi connectivity index (χ1n) is 6.85. The van der Waals surface area contributed by atoms with Gasteiger partial charge in [-0.15, -0.1) is 0 Å². The number of methoxy groups -OCH3 is 1. The number of fused-ring (bicyclic) bond motifs is 1. The molecule has 1 aromatic heterocycles. The Hall–Kier alpha value is -2.79. The second-order valence-electron chi connectivity index (χ2n) is 5.08. The highest BCUT2D eigenvalue weighted by Crippen LogP contribution is 2.24. The van der Waals surface area contributed by atoms with Gasteiger partial charge >= 0.3 is 0 Å². The van der Waals surface area contributed by atoms with Crippen LogP contribution in [-0.2, 0) is 0 Å². The Morgan fingerprint density at radius 1 is 1.22 bits per heavy atom. The second-order valence-corrected chi connectivity index (χ2v) is 5.46. The van der Waals surface area contributed by atoms with E-state index < -0.39 is 0 Å². The third-order valence-electron chi connectivity index (χ3n) is 3.62. The van der Waals surface area contributed by atoms with Gasteiger partial charge in [-0.1, -0.05) is 11.6 Å². The smallest absolute Gasteiger partial charge is 0.209 e. The normalized spacial score (nSPS) is 10.7. The van der Waals surface area contributed by atoms with Crippen molar-refractivity contribution < 1.29 is 9.53 Å². The van der Waals surface area contributed by atoms with Gasteiger partial charge in [0, 0.05) is 27.7 Å². The number of ketones is 1. The number of carbonyl (C=O) groups is 1. The summed E-state index contributed by atoms with van der Waals surface area (Å²) < 4.78 is 5.18. The minimum absolute atomic E-state index is 0.195. The molecule has 0 spiro atoms. The Balaban J connectivity index is 2.03. The summed E-state index contributed by atoms with van der Waals surface area (Å²) in [5.41, 5.74) is 8.18. The van der Waals surface area contributed by atoms with Gasteiger partial charge in [-0.3, -0.25) is 10.2 Å². The van der Waals surface area contributed by atoms with Crippen molar-refractivity contribution in [3.05, 3.63) is 59.3 Å². The van der Waals surface area contributed by atoms with Crippen LogP contribution in [0.25, 0.3) is 10.9 Å². The molecule has 0 atom stereocenters. The zero-order valence-corrected chi connectivity index (χ0v) is 13.1. The summed E-state index contributed by atoms with van der Waals surface area (Å²) in [5.74, 6) is 0.528. The Kier molecular flexibility index (Phi) is 3.80. The van der Waals surface area contributed by atoms with Crippen molar-refractivity contribution in [2.24, 2.45) is 0 Å². The van der Waals surface area contributed by atoms with Crippen LogP contribution in [0.15, 0.2) is 42.5 Å². The zero-order chi connectivity index (χ0) is 16.6. The highest BCUT2D eigenvalue weighted by molar-refractivity contribution is 6.69. The maximum atomic E-state index is 12.6. The van der Waals surface area contributed by atoms with Crippen LogP contribution in [0, 0.1) is 5.41 Å². The molecular formula is C17H14ClN3O2. The first kappa shape index (κ1) is 15.1. The van der Waals surface area contributed by atoms with E-state index >= 15 is 0 Å². The van der Waals surface area contributed by atoms with Crippen molar-refractivity contribution in [3.63, 3.8) is 0 Å². The number of carbonyl (C=O) groups excluding carboxylic acids is 1. The van der Waals surface area contributed by atoms with Gasteiger partial charge in [-0.25, -0.2) is 0 Å². The Morgan fingerprint density at radius 3 is 2.70 bits per heavy atom. The van der Waals surface area contributed by atoms with Gasteiger partial charge in [0.25, 0.3) is 0 Å². The molecule has 0 radical (unpaired) electrons. The highest BCUT2D eigenvalue weighted by Gasteiger charge is 2.15. The van der Waals surface area contributed by atoms with Gasteiger partial charge in [0.05, 0.1) is 12.8 Å². The average molecular weight is 328 g/mol. The summed E-state index contributed by atoms with van der Waals surface area (Å²) >= 11 is 5.70. The lowest BCUT2D eigenvalue weighted by Gasteiger charge is -2.05. The second kappa shape index (κ2) is 5.78. The first-order valence-corrected chi connectivity index (χ1v) is 7.23. The maximum absolute atomic E-state index is 12.6. The van der Waals surface area contributed by atoms with Crippen molar-refractivity contribution in [1.82, 2.24) is 4.98 Å². The fraction of sp³-hybridized carbons (Fsp3) is 0.0588. The Labute approximate surface area is 137 Å². The molecule has 1 heterocycles. The topological polar surface area (TPSA) is 92.0 Å². The van der Waals surface area contributed by atoms with Gasteiger partial charge in [0.15, 0.2) is 0 Å². The summed E-state index contributed by atoms with van der Waals surface area (Å²) in [7, 11) is 1.59. The lowest BCUT2D eigenvalue weighted by atomic mass is 10.0. The zero-order valence-electron chi connectivity index (χ0n) is 12.3. The van der Waals surface area contributed by atoms with E-state index in [2.05, 4.69) is 4.98 Å². The molecule has 5 nitrogen and oxygen atoms in total. The number of rotatable bonds is 4. The molecule has 0 bridgehead atoms. The van der Waals surface area contributed by atoms with E-state index in [0.29, 0.717) is 22.5 Å². The summed E-state index contributed by atoms with van der Waals surface area (Å²) in [6.45, 7) is 0. The predicted octanol–water partition coefficient (Wildman–Crippen LogP) is 3.55. The molecule has 6 heteroatoms. The largest absolute Gasteiger partial charge is 0.497 e.